The van der Waals surface area contributed by atoms with Crippen LogP contribution in [0.15, 0.2) is 69.5 Å². The van der Waals surface area contributed by atoms with Crippen LogP contribution in [0.4, 0.5) is 0 Å². The summed E-state index contributed by atoms with van der Waals surface area (Å²) in [6, 6.07) is 13.7. The Kier molecular flexibility index (Phi) is 8.08. The molecule has 1 heterocycles. The number of hydrogen-bond acceptors (Lipinski definition) is 5. The first-order valence-corrected chi connectivity index (χ1v) is 15.0. The summed E-state index contributed by atoms with van der Waals surface area (Å²) < 4.78 is 12.5. The maximum Gasteiger partial charge on any atom is 0.162 e. The van der Waals surface area contributed by atoms with E-state index in [1.807, 2.05) is 42.5 Å². The van der Waals surface area contributed by atoms with Crippen molar-refractivity contribution in [2.75, 3.05) is 20.3 Å². The third-order valence-electron chi connectivity index (χ3n) is 8.14. The van der Waals surface area contributed by atoms with E-state index in [2.05, 4.69) is 48.5 Å². The number of hydrogen-bond donors (Lipinski definition) is 0. The summed E-state index contributed by atoms with van der Waals surface area (Å²) in [6.45, 7) is 10.1. The molecule has 0 fully saturated rings. The lowest BCUT2D eigenvalue weighted by molar-refractivity contribution is -0.119. The van der Waals surface area contributed by atoms with Gasteiger partial charge in [0.2, 0.25) is 0 Å². The van der Waals surface area contributed by atoms with Crippen LogP contribution in [0.5, 0.6) is 5.75 Å². The average molecular weight is 627 g/mol. The largest absolute Gasteiger partial charge is 0.487 e. The standard InChI is InChI=1S/C33H37BrClNO4/c1-32(2)15-24-30(26(37)17-32)29(31-25(36(24)12-13-39-5)16-33(3,4)18-27(31)38)21-8-11-28(23(35)14-21)40-19-20-6-9-22(34)10-7-20/h6-11,14,29H,12-13,15-19H2,1-5H3. The Hall–Kier alpha value is -2.41. The Labute approximate surface area is 250 Å². The second kappa shape index (κ2) is 11.1. The summed E-state index contributed by atoms with van der Waals surface area (Å²) in [5, 5.41) is 0.466. The third-order valence-corrected chi connectivity index (χ3v) is 8.96. The van der Waals surface area contributed by atoms with Crippen molar-refractivity contribution >= 4 is 39.1 Å². The van der Waals surface area contributed by atoms with E-state index in [1.165, 1.54) is 0 Å². The smallest absolute Gasteiger partial charge is 0.162 e. The third kappa shape index (κ3) is 5.81. The number of allylic oxidation sites excluding steroid dienone is 4. The molecule has 0 atom stereocenters. The van der Waals surface area contributed by atoms with Gasteiger partial charge >= 0.3 is 0 Å². The first kappa shape index (κ1) is 29.1. The fourth-order valence-electron chi connectivity index (χ4n) is 6.39. The summed E-state index contributed by atoms with van der Waals surface area (Å²) in [6.07, 6.45) is 2.43. The Morgan fingerprint density at radius 3 is 2.00 bits per heavy atom. The van der Waals surface area contributed by atoms with Gasteiger partial charge in [-0.1, -0.05) is 73.4 Å². The Bertz CT molecular complexity index is 1350. The molecule has 2 aromatic rings. The van der Waals surface area contributed by atoms with E-state index in [4.69, 9.17) is 21.1 Å². The van der Waals surface area contributed by atoms with Crippen molar-refractivity contribution in [1.82, 2.24) is 4.90 Å². The average Bonchev–Trinajstić information content (AvgIpc) is 2.86. The number of methoxy groups -OCH3 is 1. The van der Waals surface area contributed by atoms with Crippen molar-refractivity contribution in [2.24, 2.45) is 10.8 Å². The molecule has 0 saturated carbocycles. The fraction of sp³-hybridized carbons (Fsp3) is 0.455. The normalized spacial score (nSPS) is 20.5. The molecule has 2 aliphatic carbocycles. The lowest BCUT2D eigenvalue weighted by Crippen LogP contribution is -2.45. The van der Waals surface area contributed by atoms with Crippen LogP contribution in [-0.2, 0) is 20.9 Å². The molecule has 212 valence electrons. The van der Waals surface area contributed by atoms with Crippen LogP contribution in [0, 0.1) is 10.8 Å². The predicted octanol–water partition coefficient (Wildman–Crippen LogP) is 8.01. The van der Waals surface area contributed by atoms with E-state index in [1.54, 1.807) is 7.11 Å². The van der Waals surface area contributed by atoms with E-state index in [0.29, 0.717) is 43.4 Å². The van der Waals surface area contributed by atoms with Gasteiger partial charge < -0.3 is 14.4 Å². The molecule has 3 aliphatic rings. The number of ether oxygens (including phenoxy) is 2. The van der Waals surface area contributed by atoms with Gasteiger partial charge in [0.05, 0.1) is 11.6 Å². The number of nitrogens with zero attached hydrogens (tertiary/aromatic N) is 1. The first-order valence-electron chi connectivity index (χ1n) is 13.8. The molecule has 5 nitrogen and oxygen atoms in total. The van der Waals surface area contributed by atoms with Crippen molar-refractivity contribution in [3.05, 3.63) is 85.6 Å². The molecule has 0 spiro atoms. The van der Waals surface area contributed by atoms with E-state index in [9.17, 15) is 9.59 Å². The number of carbonyl (C=O) groups excluding carboxylic acids is 2. The minimum Gasteiger partial charge on any atom is -0.487 e. The number of halogens is 2. The highest BCUT2D eigenvalue weighted by atomic mass is 79.9. The molecule has 0 unspecified atom stereocenters. The second-order valence-electron chi connectivity index (χ2n) is 12.8. The van der Waals surface area contributed by atoms with Crippen molar-refractivity contribution in [2.45, 2.75) is 65.9 Å². The Morgan fingerprint density at radius 1 is 0.900 bits per heavy atom. The van der Waals surface area contributed by atoms with Gasteiger partial charge in [0.25, 0.3) is 0 Å². The molecule has 0 radical (unpaired) electrons. The number of ketones is 2. The van der Waals surface area contributed by atoms with Crippen LogP contribution in [0.2, 0.25) is 5.02 Å². The lowest BCUT2D eigenvalue weighted by Gasteiger charge is -2.49. The highest BCUT2D eigenvalue weighted by Crippen LogP contribution is 2.54. The van der Waals surface area contributed by atoms with Crippen molar-refractivity contribution in [3.8, 4) is 5.75 Å². The maximum absolute atomic E-state index is 13.9. The molecule has 0 aromatic heterocycles. The highest BCUT2D eigenvalue weighted by molar-refractivity contribution is 9.10. The van der Waals surface area contributed by atoms with Crippen LogP contribution in [-0.4, -0.2) is 36.7 Å². The number of Topliss-reactive ketones (excluding diaryl/α,β-unsaturated/α-hetero) is 2. The molecule has 5 rings (SSSR count). The van der Waals surface area contributed by atoms with Gasteiger partial charge in [-0.05, 0) is 59.1 Å². The van der Waals surface area contributed by atoms with Gasteiger partial charge in [-0.15, -0.1) is 0 Å². The molecule has 2 aromatic carbocycles. The van der Waals surface area contributed by atoms with Crippen molar-refractivity contribution in [3.63, 3.8) is 0 Å². The first-order chi connectivity index (χ1) is 18.9. The molecule has 1 aliphatic heterocycles. The monoisotopic (exact) mass is 625 g/mol. The second-order valence-corrected chi connectivity index (χ2v) is 14.1. The van der Waals surface area contributed by atoms with Gasteiger partial charge in [0, 0.05) is 59.4 Å². The van der Waals surface area contributed by atoms with Crippen molar-refractivity contribution < 1.29 is 19.1 Å². The molecule has 0 amide bonds. The summed E-state index contributed by atoms with van der Waals surface area (Å²) >= 11 is 10.2. The van der Waals surface area contributed by atoms with Gasteiger partial charge in [0.1, 0.15) is 12.4 Å². The van der Waals surface area contributed by atoms with Crippen molar-refractivity contribution in [1.29, 1.82) is 0 Å². The maximum atomic E-state index is 13.9. The van der Waals surface area contributed by atoms with Gasteiger partial charge in [-0.25, -0.2) is 0 Å². The van der Waals surface area contributed by atoms with Gasteiger partial charge in [-0.2, -0.15) is 0 Å². The number of benzene rings is 2. The van der Waals surface area contributed by atoms with Crippen LogP contribution < -0.4 is 4.74 Å². The zero-order chi connectivity index (χ0) is 28.8. The Morgan fingerprint density at radius 2 is 1.48 bits per heavy atom. The molecule has 0 bridgehead atoms. The number of rotatable bonds is 7. The molecule has 0 saturated heterocycles. The minimum absolute atomic E-state index is 0.106. The highest BCUT2D eigenvalue weighted by Gasteiger charge is 2.48. The summed E-state index contributed by atoms with van der Waals surface area (Å²) in [5.41, 5.74) is 5.08. The lowest BCUT2D eigenvalue weighted by atomic mass is 9.63. The number of carbonyl (C=O) groups is 2. The quantitative estimate of drug-likeness (QED) is 0.312. The van der Waals surface area contributed by atoms with E-state index in [0.717, 1.165) is 51.0 Å². The van der Waals surface area contributed by atoms with E-state index < -0.39 is 5.92 Å². The molecular weight excluding hydrogens is 590 g/mol. The summed E-state index contributed by atoms with van der Waals surface area (Å²) in [7, 11) is 1.69. The molecule has 0 N–H and O–H groups in total. The van der Waals surface area contributed by atoms with Crippen LogP contribution in [0.1, 0.15) is 70.4 Å². The zero-order valence-electron chi connectivity index (χ0n) is 23.9. The summed E-state index contributed by atoms with van der Waals surface area (Å²) in [4.78, 5) is 30.0. The molecule has 40 heavy (non-hydrogen) atoms. The predicted molar refractivity (Wildman–Crippen MR) is 161 cm³/mol. The SMILES string of the molecule is COCCN1C2=C(C(=O)CC(C)(C)C2)C(c2ccc(OCc3ccc(Br)cc3)c(Cl)c2)C2=C1CC(C)(C)CC2=O. The fourth-order valence-corrected chi connectivity index (χ4v) is 6.90. The minimum atomic E-state index is -0.436. The van der Waals surface area contributed by atoms with E-state index in [-0.39, 0.29) is 22.4 Å². The topological polar surface area (TPSA) is 55.8 Å². The molecular formula is C33H37BrClNO4. The van der Waals surface area contributed by atoms with Crippen LogP contribution >= 0.6 is 27.5 Å². The van der Waals surface area contributed by atoms with Gasteiger partial charge in [0.15, 0.2) is 11.6 Å². The zero-order valence-corrected chi connectivity index (χ0v) is 26.2. The summed E-state index contributed by atoms with van der Waals surface area (Å²) in [5.74, 6) is 0.347. The van der Waals surface area contributed by atoms with Crippen LogP contribution in [0.25, 0.3) is 0 Å². The Balaban J connectivity index is 1.58. The van der Waals surface area contributed by atoms with Crippen LogP contribution in [0.3, 0.4) is 0 Å². The van der Waals surface area contributed by atoms with Gasteiger partial charge in [-0.3, -0.25) is 9.59 Å². The molecule has 7 heteroatoms. The van der Waals surface area contributed by atoms with E-state index >= 15 is 0 Å².